The van der Waals surface area contributed by atoms with E-state index in [1.807, 2.05) is 6.07 Å². The van der Waals surface area contributed by atoms with Crippen LogP contribution in [0.4, 0.5) is 10.1 Å². The van der Waals surface area contributed by atoms with Crippen molar-refractivity contribution in [3.8, 4) is 0 Å². The lowest BCUT2D eigenvalue weighted by atomic mass is 10.3. The summed E-state index contributed by atoms with van der Waals surface area (Å²) < 4.78 is 12.8. The van der Waals surface area contributed by atoms with Gasteiger partial charge in [0.25, 0.3) is 0 Å². The molecule has 0 atom stereocenters. The minimum Gasteiger partial charge on any atom is -0.396 e. The summed E-state index contributed by atoms with van der Waals surface area (Å²) in [5.41, 5.74) is 5.55. The molecule has 1 aromatic carbocycles. The Hall–Kier alpha value is -0.620. The zero-order chi connectivity index (χ0) is 8.43. The Morgan fingerprint density at radius 1 is 1.36 bits per heavy atom. The molecule has 0 amide bonds. The lowest BCUT2D eigenvalue weighted by Gasteiger charge is -2.05. The maximum Gasteiger partial charge on any atom is 0.146 e. The molecule has 1 rings (SSSR count). The maximum atomic E-state index is 12.8. The summed E-state index contributed by atoms with van der Waals surface area (Å²) in [5, 5.41) is 1.05. The predicted octanol–water partition coefficient (Wildman–Crippen LogP) is 1.77. The second kappa shape index (κ2) is 3.19. The molecule has 0 radical (unpaired) electrons. The van der Waals surface area contributed by atoms with Crippen molar-refractivity contribution in [3.63, 3.8) is 0 Å². The minimum atomic E-state index is -0.307. The van der Waals surface area contributed by atoms with E-state index >= 15 is 0 Å². The van der Waals surface area contributed by atoms with Crippen LogP contribution in [0.25, 0.3) is 0 Å². The van der Waals surface area contributed by atoms with Gasteiger partial charge in [0, 0.05) is 0 Å². The topological polar surface area (TPSA) is 26.0 Å². The van der Waals surface area contributed by atoms with Crippen LogP contribution in [0.5, 0.6) is 0 Å². The Labute approximate surface area is 67.2 Å². The molecule has 0 spiro atoms. The number of rotatable bonds is 1. The van der Waals surface area contributed by atoms with E-state index in [0.717, 1.165) is 5.30 Å². The Balaban J connectivity index is 3.05. The highest BCUT2D eigenvalue weighted by molar-refractivity contribution is 7.64. The first-order chi connectivity index (χ1) is 5.11. The Morgan fingerprint density at radius 2 is 2.00 bits per heavy atom. The molecular formula is C8H11FNP. The summed E-state index contributed by atoms with van der Waals surface area (Å²) in [6, 6.07) is 5.01. The zero-order valence-corrected chi connectivity index (χ0v) is 7.53. The first kappa shape index (κ1) is 8.48. The van der Waals surface area contributed by atoms with Crippen LogP contribution in [-0.4, -0.2) is 13.3 Å². The lowest BCUT2D eigenvalue weighted by Crippen LogP contribution is -2.02. The van der Waals surface area contributed by atoms with E-state index in [4.69, 9.17) is 5.73 Å². The van der Waals surface area contributed by atoms with Crippen LogP contribution >= 0.6 is 7.92 Å². The number of hydrogen-bond donors (Lipinski definition) is 1. The van der Waals surface area contributed by atoms with Gasteiger partial charge < -0.3 is 5.73 Å². The highest BCUT2D eigenvalue weighted by atomic mass is 31.1. The number of anilines is 1. The fourth-order valence-corrected chi connectivity index (χ4v) is 1.54. The van der Waals surface area contributed by atoms with Crippen molar-refractivity contribution in [1.82, 2.24) is 0 Å². The van der Waals surface area contributed by atoms with Crippen LogP contribution in [0, 0.1) is 5.82 Å². The van der Waals surface area contributed by atoms with Gasteiger partial charge >= 0.3 is 0 Å². The Morgan fingerprint density at radius 3 is 2.45 bits per heavy atom. The van der Waals surface area contributed by atoms with Gasteiger partial charge in [0.05, 0.1) is 5.69 Å². The standard InChI is InChI=1S/C8H11FNP/c1-11(2)6-3-4-8(10)7(9)5-6/h3-5H,10H2,1-2H3. The minimum absolute atomic E-state index is 0.220. The Bertz CT molecular complexity index is 260. The van der Waals surface area contributed by atoms with Crippen molar-refractivity contribution in [2.24, 2.45) is 0 Å². The molecule has 0 unspecified atom stereocenters. The van der Waals surface area contributed by atoms with E-state index in [0.29, 0.717) is 0 Å². The summed E-state index contributed by atoms with van der Waals surface area (Å²) in [7, 11) is -0.220. The van der Waals surface area contributed by atoms with Crippen LogP contribution in [0.1, 0.15) is 0 Å². The molecule has 0 aliphatic carbocycles. The summed E-state index contributed by atoms with van der Waals surface area (Å²) >= 11 is 0. The fraction of sp³-hybridized carbons (Fsp3) is 0.250. The van der Waals surface area contributed by atoms with Crippen LogP contribution < -0.4 is 11.0 Å². The molecule has 3 heteroatoms. The summed E-state index contributed by atoms with van der Waals surface area (Å²) in [6.45, 7) is 4.17. The molecule has 11 heavy (non-hydrogen) atoms. The number of nitrogen functional groups attached to an aromatic ring is 1. The molecule has 0 fully saturated rings. The van der Waals surface area contributed by atoms with Gasteiger partial charge in [-0.2, -0.15) is 0 Å². The van der Waals surface area contributed by atoms with Crippen molar-refractivity contribution >= 4 is 18.9 Å². The van der Waals surface area contributed by atoms with Crippen molar-refractivity contribution in [3.05, 3.63) is 24.0 Å². The van der Waals surface area contributed by atoms with Gasteiger partial charge in [0.2, 0.25) is 0 Å². The van der Waals surface area contributed by atoms with Crippen LogP contribution in [-0.2, 0) is 0 Å². The summed E-state index contributed by atoms with van der Waals surface area (Å²) in [6.07, 6.45) is 0. The second-order valence-corrected chi connectivity index (χ2v) is 4.91. The maximum absolute atomic E-state index is 12.8. The number of benzene rings is 1. The largest absolute Gasteiger partial charge is 0.396 e. The normalized spacial score (nSPS) is 10.5. The van der Waals surface area contributed by atoms with E-state index < -0.39 is 0 Å². The van der Waals surface area contributed by atoms with Crippen LogP contribution in [0.2, 0.25) is 0 Å². The van der Waals surface area contributed by atoms with Gasteiger partial charge in [0.15, 0.2) is 0 Å². The predicted molar refractivity (Wildman–Crippen MR) is 49.2 cm³/mol. The summed E-state index contributed by atoms with van der Waals surface area (Å²) in [4.78, 5) is 0. The summed E-state index contributed by atoms with van der Waals surface area (Å²) in [5.74, 6) is -0.307. The molecule has 0 saturated carbocycles. The third-order valence-electron chi connectivity index (χ3n) is 1.50. The van der Waals surface area contributed by atoms with Crippen molar-refractivity contribution in [2.75, 3.05) is 19.1 Å². The van der Waals surface area contributed by atoms with E-state index in [9.17, 15) is 4.39 Å². The molecule has 60 valence electrons. The number of halogens is 1. The average Bonchev–Trinajstić information content (AvgIpc) is 1.94. The quantitative estimate of drug-likeness (QED) is 0.505. The van der Waals surface area contributed by atoms with Gasteiger partial charge in [-0.3, -0.25) is 0 Å². The first-order valence-electron chi connectivity index (χ1n) is 3.33. The number of hydrogen-bond acceptors (Lipinski definition) is 1. The van der Waals surface area contributed by atoms with Gasteiger partial charge in [-0.25, -0.2) is 4.39 Å². The van der Waals surface area contributed by atoms with E-state index in [1.165, 1.54) is 6.07 Å². The fourth-order valence-electron chi connectivity index (χ4n) is 0.794. The van der Waals surface area contributed by atoms with Gasteiger partial charge in [-0.1, -0.05) is 14.0 Å². The third-order valence-corrected chi connectivity index (χ3v) is 2.81. The SMILES string of the molecule is CP(C)c1ccc(N)c(F)c1. The van der Waals surface area contributed by atoms with Gasteiger partial charge in [0.1, 0.15) is 5.82 Å². The molecule has 0 aromatic heterocycles. The molecule has 2 N–H and O–H groups in total. The second-order valence-electron chi connectivity index (χ2n) is 2.60. The molecule has 1 nitrogen and oxygen atoms in total. The van der Waals surface area contributed by atoms with Crippen molar-refractivity contribution in [1.29, 1.82) is 0 Å². The van der Waals surface area contributed by atoms with E-state index in [2.05, 4.69) is 13.3 Å². The van der Waals surface area contributed by atoms with Crippen LogP contribution in [0.15, 0.2) is 18.2 Å². The highest BCUT2D eigenvalue weighted by Gasteiger charge is 2.01. The molecular weight excluding hydrogens is 160 g/mol. The lowest BCUT2D eigenvalue weighted by molar-refractivity contribution is 0.633. The first-order valence-corrected chi connectivity index (χ1v) is 5.57. The van der Waals surface area contributed by atoms with Crippen LogP contribution in [0.3, 0.4) is 0 Å². The molecule has 0 aliphatic heterocycles. The third kappa shape index (κ3) is 1.90. The van der Waals surface area contributed by atoms with E-state index in [-0.39, 0.29) is 19.4 Å². The highest BCUT2D eigenvalue weighted by Crippen LogP contribution is 2.24. The Kier molecular flexibility index (Phi) is 2.45. The molecule has 0 aliphatic rings. The molecule has 0 heterocycles. The van der Waals surface area contributed by atoms with Gasteiger partial charge in [-0.15, -0.1) is 0 Å². The molecule has 0 saturated heterocycles. The van der Waals surface area contributed by atoms with E-state index in [1.54, 1.807) is 6.07 Å². The number of nitrogens with two attached hydrogens (primary N) is 1. The smallest absolute Gasteiger partial charge is 0.146 e. The molecule has 1 aromatic rings. The monoisotopic (exact) mass is 171 g/mol. The average molecular weight is 171 g/mol. The zero-order valence-electron chi connectivity index (χ0n) is 6.63. The van der Waals surface area contributed by atoms with Gasteiger partial charge in [-0.05, 0) is 30.8 Å². The molecule has 0 bridgehead atoms. The van der Waals surface area contributed by atoms with Crippen molar-refractivity contribution < 1.29 is 4.39 Å². The van der Waals surface area contributed by atoms with Crippen molar-refractivity contribution in [2.45, 2.75) is 0 Å².